The van der Waals surface area contributed by atoms with Gasteiger partial charge >= 0.3 is 0 Å². The SMILES string of the molecule is CC(C)C(C)NC(=O)CNC1(C)CC1. The summed E-state index contributed by atoms with van der Waals surface area (Å²) in [7, 11) is 0. The van der Waals surface area contributed by atoms with Crippen molar-refractivity contribution in [2.24, 2.45) is 5.92 Å². The summed E-state index contributed by atoms with van der Waals surface area (Å²) in [5.74, 6) is 0.606. The number of rotatable bonds is 5. The first kappa shape index (κ1) is 11.5. The Morgan fingerprint density at radius 3 is 2.36 bits per heavy atom. The molecule has 1 aliphatic carbocycles. The zero-order valence-corrected chi connectivity index (χ0v) is 9.68. The molecule has 1 saturated carbocycles. The molecule has 2 N–H and O–H groups in total. The number of carbonyl (C=O) groups is 1. The maximum atomic E-state index is 11.5. The molecule has 1 fully saturated rings. The highest BCUT2D eigenvalue weighted by molar-refractivity contribution is 5.78. The Labute approximate surface area is 86.6 Å². The molecule has 1 atom stereocenters. The van der Waals surface area contributed by atoms with Gasteiger partial charge in [0, 0.05) is 11.6 Å². The zero-order valence-electron chi connectivity index (χ0n) is 9.68. The molecule has 0 aromatic rings. The second-order valence-electron chi connectivity index (χ2n) is 5.01. The van der Waals surface area contributed by atoms with Crippen molar-refractivity contribution in [3.8, 4) is 0 Å². The van der Waals surface area contributed by atoms with E-state index in [0.717, 1.165) is 0 Å². The highest BCUT2D eigenvalue weighted by Crippen LogP contribution is 2.33. The second-order valence-corrected chi connectivity index (χ2v) is 5.01. The Balaban J connectivity index is 2.15. The third-order valence-corrected chi connectivity index (χ3v) is 3.06. The Kier molecular flexibility index (Phi) is 3.53. The van der Waals surface area contributed by atoms with Crippen LogP contribution in [0.5, 0.6) is 0 Å². The largest absolute Gasteiger partial charge is 0.352 e. The van der Waals surface area contributed by atoms with Gasteiger partial charge in [-0.05, 0) is 32.6 Å². The number of hydrogen-bond acceptors (Lipinski definition) is 2. The first-order chi connectivity index (χ1) is 6.43. The average molecular weight is 198 g/mol. The van der Waals surface area contributed by atoms with Gasteiger partial charge in [0.15, 0.2) is 0 Å². The van der Waals surface area contributed by atoms with Gasteiger partial charge in [0.25, 0.3) is 0 Å². The molecule has 0 aromatic heterocycles. The van der Waals surface area contributed by atoms with Crippen LogP contribution in [0.3, 0.4) is 0 Å². The fourth-order valence-electron chi connectivity index (χ4n) is 1.13. The van der Waals surface area contributed by atoms with Crippen molar-refractivity contribution in [3.63, 3.8) is 0 Å². The number of hydrogen-bond donors (Lipinski definition) is 2. The quantitative estimate of drug-likeness (QED) is 0.699. The van der Waals surface area contributed by atoms with Crippen LogP contribution in [-0.2, 0) is 4.79 Å². The summed E-state index contributed by atoms with van der Waals surface area (Å²) < 4.78 is 0. The van der Waals surface area contributed by atoms with Crippen molar-refractivity contribution in [1.29, 1.82) is 0 Å². The van der Waals surface area contributed by atoms with Gasteiger partial charge in [0.05, 0.1) is 6.54 Å². The number of nitrogens with one attached hydrogen (secondary N) is 2. The van der Waals surface area contributed by atoms with E-state index in [-0.39, 0.29) is 17.5 Å². The summed E-state index contributed by atoms with van der Waals surface area (Å²) in [6.07, 6.45) is 2.39. The topological polar surface area (TPSA) is 41.1 Å². The molecule has 1 rings (SSSR count). The van der Waals surface area contributed by atoms with E-state index in [1.807, 2.05) is 6.92 Å². The molecule has 1 aliphatic rings. The van der Waals surface area contributed by atoms with E-state index in [0.29, 0.717) is 12.5 Å². The van der Waals surface area contributed by atoms with Crippen LogP contribution in [0.1, 0.15) is 40.5 Å². The summed E-state index contributed by atoms with van der Waals surface area (Å²) in [4.78, 5) is 11.5. The maximum Gasteiger partial charge on any atom is 0.234 e. The Bertz CT molecular complexity index is 209. The number of carbonyl (C=O) groups excluding carboxylic acids is 1. The molecule has 14 heavy (non-hydrogen) atoms. The minimum atomic E-state index is 0.110. The molecular formula is C11H22N2O. The third-order valence-electron chi connectivity index (χ3n) is 3.06. The second kappa shape index (κ2) is 4.30. The van der Waals surface area contributed by atoms with Crippen LogP contribution in [0.15, 0.2) is 0 Å². The van der Waals surface area contributed by atoms with Crippen molar-refractivity contribution in [2.45, 2.75) is 52.1 Å². The lowest BCUT2D eigenvalue weighted by Gasteiger charge is -2.18. The first-order valence-corrected chi connectivity index (χ1v) is 5.47. The molecule has 0 heterocycles. The predicted octanol–water partition coefficient (Wildman–Crippen LogP) is 1.29. The summed E-state index contributed by atoms with van der Waals surface area (Å²) in [5.41, 5.74) is 0.248. The Morgan fingerprint density at radius 2 is 1.93 bits per heavy atom. The smallest absolute Gasteiger partial charge is 0.234 e. The standard InChI is InChI=1S/C11H22N2O/c1-8(2)9(3)13-10(14)7-12-11(4)5-6-11/h8-9,12H,5-7H2,1-4H3,(H,13,14). The van der Waals surface area contributed by atoms with E-state index in [9.17, 15) is 4.79 Å². The lowest BCUT2D eigenvalue weighted by molar-refractivity contribution is -0.121. The third kappa shape index (κ3) is 3.66. The highest BCUT2D eigenvalue weighted by Gasteiger charge is 2.36. The number of amides is 1. The minimum Gasteiger partial charge on any atom is -0.352 e. The van der Waals surface area contributed by atoms with Gasteiger partial charge in [-0.15, -0.1) is 0 Å². The lowest BCUT2D eigenvalue weighted by Crippen LogP contribution is -2.43. The summed E-state index contributed by atoms with van der Waals surface area (Å²) in [6.45, 7) is 8.88. The molecule has 0 bridgehead atoms. The van der Waals surface area contributed by atoms with Crippen LogP contribution in [0.25, 0.3) is 0 Å². The van der Waals surface area contributed by atoms with Gasteiger partial charge < -0.3 is 10.6 Å². The minimum absolute atomic E-state index is 0.110. The molecule has 3 heteroatoms. The molecule has 0 spiro atoms. The van der Waals surface area contributed by atoms with Crippen LogP contribution in [0.2, 0.25) is 0 Å². The van der Waals surface area contributed by atoms with Crippen LogP contribution >= 0.6 is 0 Å². The average Bonchev–Trinajstić information content (AvgIpc) is 2.81. The van der Waals surface area contributed by atoms with Gasteiger partial charge in [-0.25, -0.2) is 0 Å². The lowest BCUT2D eigenvalue weighted by atomic mass is 10.1. The van der Waals surface area contributed by atoms with Crippen LogP contribution in [0.4, 0.5) is 0 Å². The molecule has 0 saturated heterocycles. The van der Waals surface area contributed by atoms with Crippen LogP contribution < -0.4 is 10.6 Å². The van der Waals surface area contributed by atoms with E-state index >= 15 is 0 Å². The predicted molar refractivity (Wildman–Crippen MR) is 58.1 cm³/mol. The van der Waals surface area contributed by atoms with Crippen molar-refractivity contribution >= 4 is 5.91 Å². The van der Waals surface area contributed by atoms with Crippen molar-refractivity contribution in [2.75, 3.05) is 6.54 Å². The van der Waals surface area contributed by atoms with Crippen LogP contribution in [0, 0.1) is 5.92 Å². The molecule has 1 amide bonds. The van der Waals surface area contributed by atoms with E-state index in [1.54, 1.807) is 0 Å². The highest BCUT2D eigenvalue weighted by atomic mass is 16.2. The summed E-state index contributed by atoms with van der Waals surface area (Å²) in [6, 6.07) is 0.260. The van der Waals surface area contributed by atoms with E-state index < -0.39 is 0 Å². The first-order valence-electron chi connectivity index (χ1n) is 5.47. The molecule has 1 unspecified atom stereocenters. The molecule has 3 nitrogen and oxygen atoms in total. The molecule has 82 valence electrons. The molecular weight excluding hydrogens is 176 g/mol. The Hall–Kier alpha value is -0.570. The van der Waals surface area contributed by atoms with Crippen LogP contribution in [-0.4, -0.2) is 24.0 Å². The fourth-order valence-corrected chi connectivity index (χ4v) is 1.13. The van der Waals surface area contributed by atoms with Gasteiger partial charge in [-0.2, -0.15) is 0 Å². The fraction of sp³-hybridized carbons (Fsp3) is 0.909. The van der Waals surface area contributed by atoms with Gasteiger partial charge in [0.2, 0.25) is 5.91 Å². The van der Waals surface area contributed by atoms with E-state index in [1.165, 1.54) is 12.8 Å². The van der Waals surface area contributed by atoms with Gasteiger partial charge in [-0.3, -0.25) is 4.79 Å². The monoisotopic (exact) mass is 198 g/mol. The normalized spacial score (nSPS) is 20.6. The molecule has 0 aromatic carbocycles. The zero-order chi connectivity index (χ0) is 10.8. The van der Waals surface area contributed by atoms with Gasteiger partial charge in [0.1, 0.15) is 0 Å². The summed E-state index contributed by atoms with van der Waals surface area (Å²) >= 11 is 0. The summed E-state index contributed by atoms with van der Waals surface area (Å²) in [5, 5.41) is 6.24. The molecule has 0 radical (unpaired) electrons. The van der Waals surface area contributed by atoms with Gasteiger partial charge in [-0.1, -0.05) is 13.8 Å². The van der Waals surface area contributed by atoms with Crippen molar-refractivity contribution in [3.05, 3.63) is 0 Å². The van der Waals surface area contributed by atoms with E-state index in [2.05, 4.69) is 31.4 Å². The molecule has 0 aliphatic heterocycles. The maximum absolute atomic E-state index is 11.5. The van der Waals surface area contributed by atoms with Crippen molar-refractivity contribution in [1.82, 2.24) is 10.6 Å². The van der Waals surface area contributed by atoms with E-state index in [4.69, 9.17) is 0 Å². The Morgan fingerprint density at radius 1 is 1.36 bits per heavy atom. The van der Waals surface area contributed by atoms with Crippen molar-refractivity contribution < 1.29 is 4.79 Å².